The molecule has 4 rings (SSSR count). The SMILES string of the molecule is C[C@@H](C(=O)N1C[C@H]2[C@@H]([C@H]1C(=O)N[C@H](C=O)C[C@@H]1CCNC1=O)C2(C)C)C1CCCCC1. The lowest BCUT2D eigenvalue weighted by atomic mass is 9.80. The van der Waals surface area contributed by atoms with Crippen molar-refractivity contribution < 1.29 is 19.2 Å². The van der Waals surface area contributed by atoms with E-state index in [1.807, 2.05) is 6.92 Å². The van der Waals surface area contributed by atoms with Gasteiger partial charge in [0.25, 0.3) is 0 Å². The van der Waals surface area contributed by atoms with Gasteiger partial charge in [0, 0.05) is 24.9 Å². The standard InChI is InChI=1S/C24H37N3O4/c1-14(15-7-5-4-6-8-15)23(31)27-12-18-19(24(18,2)3)20(27)22(30)26-17(13-28)11-16-9-10-25-21(16)29/h13-20H,4-12H2,1-3H3,(H,25,29)(H,26,30)/t14-,16+,17+,18+,19+,20+/m1/s1. The quantitative estimate of drug-likeness (QED) is 0.602. The fourth-order valence-electron chi connectivity index (χ4n) is 6.50. The van der Waals surface area contributed by atoms with Gasteiger partial charge in [0.15, 0.2) is 0 Å². The third-order valence-corrected chi connectivity index (χ3v) is 8.70. The third kappa shape index (κ3) is 4.12. The molecule has 0 spiro atoms. The van der Waals surface area contributed by atoms with Crippen LogP contribution in [0.2, 0.25) is 0 Å². The van der Waals surface area contributed by atoms with Crippen molar-refractivity contribution in [2.75, 3.05) is 13.1 Å². The van der Waals surface area contributed by atoms with Gasteiger partial charge in [-0.25, -0.2) is 0 Å². The Bertz CT molecular complexity index is 745. The van der Waals surface area contributed by atoms with Crippen LogP contribution in [0, 0.1) is 35.0 Å². The van der Waals surface area contributed by atoms with Gasteiger partial charge in [-0.15, -0.1) is 0 Å². The zero-order valence-electron chi connectivity index (χ0n) is 19.1. The first-order valence-electron chi connectivity index (χ1n) is 12.1. The lowest BCUT2D eigenvalue weighted by Crippen LogP contribution is -2.54. The number of aldehydes is 1. The Morgan fingerprint density at radius 1 is 1.23 bits per heavy atom. The summed E-state index contributed by atoms with van der Waals surface area (Å²) in [7, 11) is 0. The lowest BCUT2D eigenvalue weighted by Gasteiger charge is -2.35. The summed E-state index contributed by atoms with van der Waals surface area (Å²) >= 11 is 0. The van der Waals surface area contributed by atoms with Crippen LogP contribution in [-0.2, 0) is 19.2 Å². The van der Waals surface area contributed by atoms with Crippen LogP contribution in [0.25, 0.3) is 0 Å². The van der Waals surface area contributed by atoms with E-state index in [0.29, 0.717) is 37.8 Å². The summed E-state index contributed by atoms with van der Waals surface area (Å²) in [5.41, 5.74) is 0.0366. The van der Waals surface area contributed by atoms with Crippen LogP contribution in [-0.4, -0.2) is 54.1 Å². The summed E-state index contributed by atoms with van der Waals surface area (Å²) in [6, 6.07) is -1.21. The molecular weight excluding hydrogens is 394 g/mol. The number of fused-ring (bicyclic) bond motifs is 1. The molecule has 172 valence electrons. The third-order valence-electron chi connectivity index (χ3n) is 8.70. The van der Waals surface area contributed by atoms with Crippen LogP contribution >= 0.6 is 0 Å². The van der Waals surface area contributed by atoms with Gasteiger partial charge in [0.1, 0.15) is 12.3 Å². The van der Waals surface area contributed by atoms with Crippen LogP contribution < -0.4 is 10.6 Å². The van der Waals surface area contributed by atoms with E-state index in [1.165, 1.54) is 19.3 Å². The fraction of sp³-hybridized carbons (Fsp3) is 0.833. The molecule has 31 heavy (non-hydrogen) atoms. The van der Waals surface area contributed by atoms with Gasteiger partial charge in [-0.3, -0.25) is 14.4 Å². The van der Waals surface area contributed by atoms with Gasteiger partial charge in [-0.1, -0.05) is 40.0 Å². The minimum atomic E-state index is -0.699. The molecule has 4 fully saturated rings. The first-order valence-corrected chi connectivity index (χ1v) is 12.1. The minimum absolute atomic E-state index is 0.0366. The number of likely N-dealkylation sites (tertiary alicyclic amines) is 1. The highest BCUT2D eigenvalue weighted by Crippen LogP contribution is 2.65. The summed E-state index contributed by atoms with van der Waals surface area (Å²) in [4.78, 5) is 52.1. The second kappa shape index (κ2) is 8.55. The molecule has 2 saturated carbocycles. The van der Waals surface area contributed by atoms with Gasteiger partial charge in [0.2, 0.25) is 17.7 Å². The van der Waals surface area contributed by atoms with E-state index in [2.05, 4.69) is 24.5 Å². The van der Waals surface area contributed by atoms with Crippen molar-refractivity contribution in [2.45, 2.75) is 77.8 Å². The number of nitrogens with one attached hydrogen (secondary N) is 2. The van der Waals surface area contributed by atoms with E-state index in [1.54, 1.807) is 4.90 Å². The van der Waals surface area contributed by atoms with E-state index >= 15 is 0 Å². The molecule has 0 bridgehead atoms. The number of hydrogen-bond donors (Lipinski definition) is 2. The molecule has 0 unspecified atom stereocenters. The number of carbonyl (C=O) groups excluding carboxylic acids is 4. The average molecular weight is 432 g/mol. The zero-order chi connectivity index (χ0) is 22.3. The molecule has 0 aromatic heterocycles. The van der Waals surface area contributed by atoms with E-state index < -0.39 is 12.1 Å². The summed E-state index contributed by atoms with van der Waals surface area (Å²) < 4.78 is 0. The van der Waals surface area contributed by atoms with E-state index in [0.717, 1.165) is 19.1 Å². The predicted octanol–water partition coefficient (Wildman–Crippen LogP) is 1.90. The topological polar surface area (TPSA) is 95.6 Å². The molecule has 2 aliphatic heterocycles. The van der Waals surface area contributed by atoms with Crippen molar-refractivity contribution in [1.82, 2.24) is 15.5 Å². The van der Waals surface area contributed by atoms with Gasteiger partial charge in [0.05, 0.1) is 6.04 Å². The molecule has 3 amide bonds. The van der Waals surface area contributed by atoms with Crippen molar-refractivity contribution in [3.8, 4) is 0 Å². The number of rotatable bonds is 7. The van der Waals surface area contributed by atoms with Crippen LogP contribution in [0.4, 0.5) is 0 Å². The van der Waals surface area contributed by atoms with Gasteiger partial charge >= 0.3 is 0 Å². The molecule has 2 aliphatic carbocycles. The van der Waals surface area contributed by atoms with Crippen LogP contribution in [0.15, 0.2) is 0 Å². The van der Waals surface area contributed by atoms with Crippen molar-refractivity contribution in [3.63, 3.8) is 0 Å². The Labute approximate surface area is 185 Å². The number of hydrogen-bond acceptors (Lipinski definition) is 4. The smallest absolute Gasteiger partial charge is 0.243 e. The minimum Gasteiger partial charge on any atom is -0.356 e. The Morgan fingerprint density at radius 3 is 2.55 bits per heavy atom. The van der Waals surface area contributed by atoms with Crippen LogP contribution in [0.5, 0.6) is 0 Å². The maximum Gasteiger partial charge on any atom is 0.243 e. The van der Waals surface area contributed by atoms with Crippen molar-refractivity contribution in [3.05, 3.63) is 0 Å². The number of piperidine rings is 1. The largest absolute Gasteiger partial charge is 0.356 e. The van der Waals surface area contributed by atoms with Crippen molar-refractivity contribution >= 4 is 24.0 Å². The van der Waals surface area contributed by atoms with E-state index in [9.17, 15) is 19.2 Å². The highest BCUT2D eigenvalue weighted by Gasteiger charge is 2.69. The molecule has 7 nitrogen and oxygen atoms in total. The van der Waals surface area contributed by atoms with Crippen molar-refractivity contribution in [2.24, 2.45) is 35.0 Å². The summed E-state index contributed by atoms with van der Waals surface area (Å²) in [6.45, 7) is 7.59. The first kappa shape index (κ1) is 22.3. The predicted molar refractivity (Wildman–Crippen MR) is 116 cm³/mol. The molecular formula is C24H37N3O4. The van der Waals surface area contributed by atoms with Gasteiger partial charge in [-0.2, -0.15) is 0 Å². The molecule has 2 saturated heterocycles. The van der Waals surface area contributed by atoms with Gasteiger partial charge < -0.3 is 20.3 Å². The maximum absolute atomic E-state index is 13.4. The Kier molecular flexibility index (Phi) is 6.14. The van der Waals surface area contributed by atoms with Crippen LogP contribution in [0.3, 0.4) is 0 Å². The number of amides is 3. The Morgan fingerprint density at radius 2 is 1.94 bits per heavy atom. The first-order chi connectivity index (χ1) is 14.8. The Hall–Kier alpha value is -1.92. The highest BCUT2D eigenvalue weighted by atomic mass is 16.2. The monoisotopic (exact) mass is 431 g/mol. The second-order valence-electron chi connectivity index (χ2n) is 10.8. The Balaban J connectivity index is 1.45. The summed E-state index contributed by atoms with van der Waals surface area (Å²) in [5, 5.41) is 5.65. The lowest BCUT2D eigenvalue weighted by molar-refractivity contribution is -0.145. The zero-order valence-corrected chi connectivity index (χ0v) is 19.1. The summed E-state index contributed by atoms with van der Waals surface area (Å²) in [5.74, 6) is 0.360. The number of nitrogens with zero attached hydrogens (tertiary/aromatic N) is 1. The molecule has 0 radical (unpaired) electrons. The molecule has 0 aromatic carbocycles. The second-order valence-corrected chi connectivity index (χ2v) is 10.8. The normalized spacial score (nSPS) is 33.9. The fourth-order valence-corrected chi connectivity index (χ4v) is 6.50. The molecule has 2 N–H and O–H groups in total. The molecule has 6 atom stereocenters. The maximum atomic E-state index is 13.4. The highest BCUT2D eigenvalue weighted by molar-refractivity contribution is 5.92. The number of carbonyl (C=O) groups is 4. The van der Waals surface area contributed by atoms with Crippen LogP contribution in [0.1, 0.15) is 65.7 Å². The van der Waals surface area contributed by atoms with E-state index in [4.69, 9.17) is 0 Å². The molecule has 7 heteroatoms. The summed E-state index contributed by atoms with van der Waals surface area (Å²) in [6.07, 6.45) is 7.52. The molecule has 2 heterocycles. The van der Waals surface area contributed by atoms with Crippen molar-refractivity contribution in [1.29, 1.82) is 0 Å². The average Bonchev–Trinajstić information content (AvgIpc) is 3.13. The van der Waals surface area contributed by atoms with E-state index in [-0.39, 0.29) is 40.9 Å². The molecule has 0 aromatic rings. The molecule has 4 aliphatic rings. The van der Waals surface area contributed by atoms with Gasteiger partial charge in [-0.05, 0) is 48.9 Å².